The van der Waals surface area contributed by atoms with E-state index in [1.165, 1.54) is 0 Å². The van der Waals surface area contributed by atoms with E-state index in [1.54, 1.807) is 0 Å². The van der Waals surface area contributed by atoms with Gasteiger partial charge in [0.1, 0.15) is 0 Å². The first kappa shape index (κ1) is 9.70. The van der Waals surface area contributed by atoms with Gasteiger partial charge >= 0.3 is 0 Å². The van der Waals surface area contributed by atoms with Gasteiger partial charge in [-0.15, -0.1) is 0 Å². The predicted octanol–water partition coefficient (Wildman–Crippen LogP) is 2.20. The van der Waals surface area contributed by atoms with Gasteiger partial charge in [-0.05, 0) is 25.8 Å². The van der Waals surface area contributed by atoms with Crippen LogP contribution in [0, 0.1) is 5.41 Å². The lowest BCUT2D eigenvalue weighted by atomic mass is 9.89. The molecule has 10 heavy (non-hydrogen) atoms. The number of nitrogens with one attached hydrogen (secondary N) is 1. The van der Waals surface area contributed by atoms with E-state index in [4.69, 9.17) is 0 Å². The number of hydrogen-bond donors (Lipinski definition) is 1. The minimum absolute atomic E-state index is 0.404. The Kier molecular flexibility index (Phi) is 4.37. The summed E-state index contributed by atoms with van der Waals surface area (Å²) >= 11 is 0. The highest BCUT2D eigenvalue weighted by molar-refractivity contribution is 4.85. The van der Waals surface area contributed by atoms with Crippen molar-refractivity contribution in [1.82, 2.24) is 5.32 Å². The fourth-order valence-corrected chi connectivity index (χ4v) is 0.988. The monoisotopic (exact) mass is 141 g/mol. The zero-order chi connectivity index (χ0) is 8.04. The van der Waals surface area contributed by atoms with Crippen LogP contribution in [-0.4, -0.2) is 13.6 Å². The molecule has 0 aromatic heterocycles. The van der Waals surface area contributed by atoms with Crippen LogP contribution in [0.4, 0.5) is 0 Å². The molecule has 0 unspecified atom stereocenters. The lowest BCUT2D eigenvalue weighted by Gasteiger charge is -2.21. The molecule has 0 amide bonds. The minimum atomic E-state index is 0.404. The van der Waals surface area contributed by atoms with Gasteiger partial charge in [0.2, 0.25) is 0 Å². The van der Waals surface area contributed by atoms with Crippen molar-refractivity contribution in [3.05, 3.63) is 12.2 Å². The predicted molar refractivity (Wildman–Crippen MR) is 47.1 cm³/mol. The van der Waals surface area contributed by atoms with Crippen LogP contribution in [0.15, 0.2) is 12.2 Å². The summed E-state index contributed by atoms with van der Waals surface area (Å²) in [4.78, 5) is 0. The van der Waals surface area contributed by atoms with Crippen molar-refractivity contribution in [2.75, 3.05) is 13.6 Å². The maximum absolute atomic E-state index is 3.18. The maximum Gasteiger partial charge on any atom is 0.000248 e. The van der Waals surface area contributed by atoms with Gasteiger partial charge in [0, 0.05) is 6.54 Å². The third kappa shape index (κ3) is 4.57. The lowest BCUT2D eigenvalue weighted by molar-refractivity contribution is 0.357. The van der Waals surface area contributed by atoms with Crippen molar-refractivity contribution in [1.29, 1.82) is 0 Å². The Balaban J connectivity index is 3.62. The Morgan fingerprint density at radius 2 is 2.00 bits per heavy atom. The van der Waals surface area contributed by atoms with Gasteiger partial charge in [0.15, 0.2) is 0 Å². The van der Waals surface area contributed by atoms with Crippen molar-refractivity contribution >= 4 is 0 Å². The summed E-state index contributed by atoms with van der Waals surface area (Å²) in [6.07, 6.45) is 5.49. The van der Waals surface area contributed by atoms with Crippen molar-refractivity contribution in [2.45, 2.75) is 27.2 Å². The summed E-state index contributed by atoms with van der Waals surface area (Å²) in [5.41, 5.74) is 0.404. The van der Waals surface area contributed by atoms with Crippen LogP contribution < -0.4 is 5.32 Å². The molecule has 0 atom stereocenters. The molecule has 0 fully saturated rings. The van der Waals surface area contributed by atoms with Gasteiger partial charge in [-0.25, -0.2) is 0 Å². The topological polar surface area (TPSA) is 12.0 Å². The molecule has 0 rings (SSSR count). The van der Waals surface area contributed by atoms with E-state index >= 15 is 0 Å². The smallest absolute Gasteiger partial charge is 0.000248 e. The minimum Gasteiger partial charge on any atom is -0.319 e. The van der Waals surface area contributed by atoms with Gasteiger partial charge in [0.25, 0.3) is 0 Å². The number of rotatable bonds is 4. The van der Waals surface area contributed by atoms with Crippen molar-refractivity contribution < 1.29 is 0 Å². The van der Waals surface area contributed by atoms with Gasteiger partial charge in [-0.3, -0.25) is 0 Å². The molecule has 0 bridgehead atoms. The van der Waals surface area contributed by atoms with Crippen molar-refractivity contribution in [2.24, 2.45) is 5.41 Å². The van der Waals surface area contributed by atoms with Crippen molar-refractivity contribution in [3.8, 4) is 0 Å². The standard InChI is InChI=1S/C9H19N/c1-5-6-7-9(2,3)8-10-4/h5-6,10H,7-8H2,1-4H3. The normalized spacial score (nSPS) is 12.8. The van der Waals surface area contributed by atoms with E-state index in [0.29, 0.717) is 5.41 Å². The number of hydrogen-bond acceptors (Lipinski definition) is 1. The molecule has 1 nitrogen and oxygen atoms in total. The van der Waals surface area contributed by atoms with Crippen LogP contribution in [0.5, 0.6) is 0 Å². The van der Waals surface area contributed by atoms with Crippen LogP contribution in [0.1, 0.15) is 27.2 Å². The Labute approximate surface area is 64.5 Å². The Hall–Kier alpha value is -0.300. The molecule has 0 spiro atoms. The molecule has 0 saturated carbocycles. The van der Waals surface area contributed by atoms with E-state index < -0.39 is 0 Å². The van der Waals surface area contributed by atoms with Crippen LogP contribution >= 0.6 is 0 Å². The lowest BCUT2D eigenvalue weighted by Crippen LogP contribution is -2.25. The molecule has 0 heterocycles. The Morgan fingerprint density at radius 3 is 2.40 bits per heavy atom. The van der Waals surface area contributed by atoms with E-state index in [1.807, 2.05) is 7.05 Å². The number of allylic oxidation sites excluding steroid dienone is 2. The zero-order valence-corrected chi connectivity index (χ0v) is 7.57. The quantitative estimate of drug-likeness (QED) is 0.592. The zero-order valence-electron chi connectivity index (χ0n) is 7.57. The molecule has 60 valence electrons. The molecule has 0 saturated heterocycles. The molecular weight excluding hydrogens is 122 g/mol. The summed E-state index contributed by atoms with van der Waals surface area (Å²) < 4.78 is 0. The first-order valence-electron chi connectivity index (χ1n) is 3.88. The van der Waals surface area contributed by atoms with Crippen molar-refractivity contribution in [3.63, 3.8) is 0 Å². The van der Waals surface area contributed by atoms with E-state index in [0.717, 1.165) is 13.0 Å². The maximum atomic E-state index is 3.18. The third-order valence-electron chi connectivity index (χ3n) is 1.56. The third-order valence-corrected chi connectivity index (χ3v) is 1.56. The second-order valence-electron chi connectivity index (χ2n) is 3.47. The van der Waals surface area contributed by atoms with Gasteiger partial charge < -0.3 is 5.32 Å². The summed E-state index contributed by atoms with van der Waals surface area (Å²) in [7, 11) is 2.00. The van der Waals surface area contributed by atoms with E-state index in [9.17, 15) is 0 Å². The Morgan fingerprint density at radius 1 is 1.40 bits per heavy atom. The molecule has 0 radical (unpaired) electrons. The summed E-state index contributed by atoms with van der Waals surface area (Å²) in [5, 5.41) is 3.18. The van der Waals surface area contributed by atoms with Gasteiger partial charge in [-0.1, -0.05) is 26.0 Å². The van der Waals surface area contributed by atoms with E-state index in [-0.39, 0.29) is 0 Å². The Bertz CT molecular complexity index is 103. The highest BCUT2D eigenvalue weighted by atomic mass is 14.8. The summed E-state index contributed by atoms with van der Waals surface area (Å²) in [6.45, 7) is 7.68. The largest absolute Gasteiger partial charge is 0.319 e. The second-order valence-corrected chi connectivity index (χ2v) is 3.47. The average molecular weight is 141 g/mol. The fourth-order valence-electron chi connectivity index (χ4n) is 0.988. The molecule has 0 aliphatic rings. The molecule has 0 aliphatic heterocycles. The average Bonchev–Trinajstić information content (AvgIpc) is 1.84. The van der Waals surface area contributed by atoms with Crippen LogP contribution in [-0.2, 0) is 0 Å². The first-order chi connectivity index (χ1) is 4.62. The highest BCUT2D eigenvalue weighted by Crippen LogP contribution is 2.18. The second kappa shape index (κ2) is 4.51. The molecule has 0 aromatic rings. The highest BCUT2D eigenvalue weighted by Gasteiger charge is 2.13. The fraction of sp³-hybridized carbons (Fsp3) is 0.778. The molecule has 1 heteroatoms. The van der Waals surface area contributed by atoms with Gasteiger partial charge in [-0.2, -0.15) is 0 Å². The molecule has 0 aromatic carbocycles. The molecule has 1 N–H and O–H groups in total. The van der Waals surface area contributed by atoms with Crippen LogP contribution in [0.25, 0.3) is 0 Å². The molecular formula is C9H19N. The summed E-state index contributed by atoms with van der Waals surface area (Å²) in [6, 6.07) is 0. The first-order valence-corrected chi connectivity index (χ1v) is 3.88. The van der Waals surface area contributed by atoms with Crippen LogP contribution in [0.2, 0.25) is 0 Å². The van der Waals surface area contributed by atoms with E-state index in [2.05, 4.69) is 38.2 Å². The molecule has 0 aliphatic carbocycles. The summed E-state index contributed by atoms with van der Waals surface area (Å²) in [5.74, 6) is 0. The van der Waals surface area contributed by atoms with Crippen LogP contribution in [0.3, 0.4) is 0 Å². The SMILES string of the molecule is CC=CCC(C)(C)CNC. The van der Waals surface area contributed by atoms with Gasteiger partial charge in [0.05, 0.1) is 0 Å².